The third-order valence-electron chi connectivity index (χ3n) is 4.04. The van der Waals surface area contributed by atoms with E-state index < -0.39 is 0 Å². The zero-order valence-electron chi connectivity index (χ0n) is 14.1. The number of likely N-dealkylation sites (tertiary alicyclic amines) is 1. The van der Waals surface area contributed by atoms with Crippen LogP contribution in [-0.4, -0.2) is 59.3 Å². The number of pyridine rings is 1. The number of aryl methyl sites for hydroxylation is 1. The fourth-order valence-electron chi connectivity index (χ4n) is 2.80. The molecule has 2 aromatic rings. The van der Waals surface area contributed by atoms with Crippen LogP contribution in [0.5, 0.6) is 5.75 Å². The zero-order chi connectivity index (χ0) is 17.1. The zero-order valence-corrected chi connectivity index (χ0v) is 14.1. The Bertz CT molecular complexity index is 734. The van der Waals surface area contributed by atoms with Crippen molar-refractivity contribution in [3.63, 3.8) is 0 Å². The lowest BCUT2D eigenvalue weighted by Crippen LogP contribution is -2.31. The molecule has 7 nitrogen and oxygen atoms in total. The standard InChI is InChI=1S/C17H21N5O2/c1-12-14(6-9-19-20-12)17(23)22-10-7-13(11-22)24-15-5-4-8-18-16(15)21(2)3/h4-6,8-9,13H,7,10-11H2,1-3H3. The van der Waals surface area contributed by atoms with Crippen molar-refractivity contribution in [2.75, 3.05) is 32.1 Å². The van der Waals surface area contributed by atoms with Gasteiger partial charge in [0.05, 0.1) is 24.0 Å². The van der Waals surface area contributed by atoms with Crippen LogP contribution in [0.15, 0.2) is 30.6 Å². The minimum Gasteiger partial charge on any atom is -0.485 e. The molecule has 0 bridgehead atoms. The molecule has 1 saturated heterocycles. The van der Waals surface area contributed by atoms with Crippen LogP contribution >= 0.6 is 0 Å². The molecule has 1 aliphatic rings. The van der Waals surface area contributed by atoms with Gasteiger partial charge in [0.2, 0.25) is 0 Å². The number of ether oxygens (including phenoxy) is 1. The van der Waals surface area contributed by atoms with E-state index in [0.29, 0.717) is 24.3 Å². The SMILES string of the molecule is Cc1nnccc1C(=O)N1CCC(Oc2cccnc2N(C)C)C1. The summed E-state index contributed by atoms with van der Waals surface area (Å²) >= 11 is 0. The number of nitrogens with zero attached hydrogens (tertiary/aromatic N) is 5. The Morgan fingerprint density at radius 2 is 2.17 bits per heavy atom. The van der Waals surface area contributed by atoms with Gasteiger partial charge in [0.25, 0.3) is 5.91 Å². The van der Waals surface area contributed by atoms with Crippen molar-refractivity contribution in [1.29, 1.82) is 0 Å². The van der Waals surface area contributed by atoms with Gasteiger partial charge in [-0.2, -0.15) is 10.2 Å². The molecule has 0 aliphatic carbocycles. The topological polar surface area (TPSA) is 71.5 Å². The van der Waals surface area contributed by atoms with Gasteiger partial charge >= 0.3 is 0 Å². The highest BCUT2D eigenvalue weighted by atomic mass is 16.5. The van der Waals surface area contributed by atoms with E-state index in [1.807, 2.05) is 31.1 Å². The van der Waals surface area contributed by atoms with Gasteiger partial charge in [-0.25, -0.2) is 4.98 Å². The maximum atomic E-state index is 12.6. The highest BCUT2D eigenvalue weighted by molar-refractivity contribution is 5.95. The van der Waals surface area contributed by atoms with Crippen molar-refractivity contribution in [2.45, 2.75) is 19.4 Å². The van der Waals surface area contributed by atoms with Crippen LogP contribution in [0.1, 0.15) is 22.5 Å². The Kier molecular flexibility index (Phi) is 4.59. The average molecular weight is 327 g/mol. The van der Waals surface area contributed by atoms with Crippen molar-refractivity contribution in [2.24, 2.45) is 0 Å². The first-order valence-corrected chi connectivity index (χ1v) is 7.93. The van der Waals surface area contributed by atoms with Crippen molar-refractivity contribution in [3.05, 3.63) is 41.9 Å². The molecule has 1 fully saturated rings. The molecular formula is C17H21N5O2. The molecule has 2 aromatic heterocycles. The minimum atomic E-state index is -0.0352. The largest absolute Gasteiger partial charge is 0.485 e. The number of rotatable bonds is 4. The van der Waals surface area contributed by atoms with Gasteiger partial charge in [0.1, 0.15) is 6.10 Å². The lowest BCUT2D eigenvalue weighted by Gasteiger charge is -2.20. The normalized spacial score (nSPS) is 17.0. The smallest absolute Gasteiger partial charge is 0.255 e. The summed E-state index contributed by atoms with van der Waals surface area (Å²) in [5, 5.41) is 7.74. The molecule has 0 aromatic carbocycles. The minimum absolute atomic E-state index is 0.0208. The molecule has 0 spiro atoms. The van der Waals surface area contributed by atoms with Crippen molar-refractivity contribution in [3.8, 4) is 5.75 Å². The molecule has 0 N–H and O–H groups in total. The van der Waals surface area contributed by atoms with Gasteiger partial charge < -0.3 is 14.5 Å². The summed E-state index contributed by atoms with van der Waals surface area (Å²) in [7, 11) is 3.86. The molecule has 3 heterocycles. The summed E-state index contributed by atoms with van der Waals surface area (Å²) in [6.45, 7) is 3.02. The molecule has 3 rings (SSSR count). The number of anilines is 1. The Morgan fingerprint density at radius 3 is 2.92 bits per heavy atom. The van der Waals surface area contributed by atoms with E-state index in [-0.39, 0.29) is 12.0 Å². The van der Waals surface area contributed by atoms with E-state index in [9.17, 15) is 4.79 Å². The maximum absolute atomic E-state index is 12.6. The third kappa shape index (κ3) is 3.29. The third-order valence-corrected chi connectivity index (χ3v) is 4.04. The molecule has 1 unspecified atom stereocenters. The summed E-state index contributed by atoms with van der Waals surface area (Å²) in [5.41, 5.74) is 1.25. The van der Waals surface area contributed by atoms with Gasteiger partial charge in [0.15, 0.2) is 11.6 Å². The number of carbonyl (C=O) groups is 1. The Morgan fingerprint density at radius 1 is 1.33 bits per heavy atom. The summed E-state index contributed by atoms with van der Waals surface area (Å²) in [5.74, 6) is 1.51. The molecule has 0 saturated carbocycles. The van der Waals surface area contributed by atoms with Gasteiger partial charge in [-0.15, -0.1) is 0 Å². The van der Waals surface area contributed by atoms with Crippen LogP contribution in [0, 0.1) is 6.92 Å². The highest BCUT2D eigenvalue weighted by Crippen LogP contribution is 2.27. The van der Waals surface area contributed by atoms with Crippen LogP contribution in [0.4, 0.5) is 5.82 Å². The van der Waals surface area contributed by atoms with Crippen LogP contribution in [0.25, 0.3) is 0 Å². The lowest BCUT2D eigenvalue weighted by atomic mass is 10.2. The van der Waals surface area contributed by atoms with E-state index in [2.05, 4.69) is 15.2 Å². The molecule has 1 atom stereocenters. The van der Waals surface area contributed by atoms with Crippen LogP contribution < -0.4 is 9.64 Å². The van der Waals surface area contributed by atoms with Crippen molar-refractivity contribution >= 4 is 11.7 Å². The Labute approximate surface area is 141 Å². The molecule has 1 amide bonds. The second-order valence-electron chi connectivity index (χ2n) is 6.03. The fourth-order valence-corrected chi connectivity index (χ4v) is 2.80. The number of amides is 1. The summed E-state index contributed by atoms with van der Waals surface area (Å²) in [6, 6.07) is 5.47. The number of hydrogen-bond acceptors (Lipinski definition) is 6. The maximum Gasteiger partial charge on any atom is 0.255 e. The second-order valence-corrected chi connectivity index (χ2v) is 6.03. The van der Waals surface area contributed by atoms with Crippen LogP contribution in [0.3, 0.4) is 0 Å². The molecule has 24 heavy (non-hydrogen) atoms. The van der Waals surface area contributed by atoms with Crippen molar-refractivity contribution < 1.29 is 9.53 Å². The predicted molar refractivity (Wildman–Crippen MR) is 90.3 cm³/mol. The monoisotopic (exact) mass is 327 g/mol. The predicted octanol–water partition coefficient (Wildman–Crippen LogP) is 1.54. The van der Waals surface area contributed by atoms with Crippen molar-refractivity contribution in [1.82, 2.24) is 20.1 Å². The quantitative estimate of drug-likeness (QED) is 0.848. The summed E-state index contributed by atoms with van der Waals surface area (Å²) in [6.07, 6.45) is 4.05. The van der Waals surface area contributed by atoms with E-state index >= 15 is 0 Å². The van der Waals surface area contributed by atoms with Crippen LogP contribution in [-0.2, 0) is 0 Å². The number of carbonyl (C=O) groups excluding carboxylic acids is 1. The summed E-state index contributed by atoms with van der Waals surface area (Å²) < 4.78 is 6.09. The van der Waals surface area contributed by atoms with Gasteiger partial charge in [-0.3, -0.25) is 4.79 Å². The Balaban J connectivity index is 1.68. The molecule has 126 valence electrons. The van der Waals surface area contributed by atoms with E-state index in [1.165, 1.54) is 0 Å². The lowest BCUT2D eigenvalue weighted by molar-refractivity contribution is 0.0771. The highest BCUT2D eigenvalue weighted by Gasteiger charge is 2.29. The molecular weight excluding hydrogens is 306 g/mol. The number of hydrogen-bond donors (Lipinski definition) is 0. The fraction of sp³-hybridized carbons (Fsp3) is 0.412. The first kappa shape index (κ1) is 16.2. The number of aromatic nitrogens is 3. The van der Waals surface area contributed by atoms with E-state index in [4.69, 9.17) is 4.74 Å². The van der Waals surface area contributed by atoms with Gasteiger partial charge in [-0.1, -0.05) is 0 Å². The summed E-state index contributed by atoms with van der Waals surface area (Å²) in [4.78, 5) is 20.7. The molecule has 1 aliphatic heterocycles. The second kappa shape index (κ2) is 6.82. The molecule has 7 heteroatoms. The molecule has 0 radical (unpaired) electrons. The Hall–Kier alpha value is -2.70. The van der Waals surface area contributed by atoms with E-state index in [0.717, 1.165) is 18.0 Å². The van der Waals surface area contributed by atoms with Gasteiger partial charge in [0, 0.05) is 33.3 Å². The first-order chi connectivity index (χ1) is 11.6. The van der Waals surface area contributed by atoms with Gasteiger partial charge in [-0.05, 0) is 25.1 Å². The van der Waals surface area contributed by atoms with E-state index in [1.54, 1.807) is 30.3 Å². The average Bonchev–Trinajstić information content (AvgIpc) is 3.03. The van der Waals surface area contributed by atoms with Crippen LogP contribution in [0.2, 0.25) is 0 Å². The first-order valence-electron chi connectivity index (χ1n) is 7.93.